The molecule has 1 aromatic carbocycles. The number of nitrogens with zero attached hydrogens (tertiary/aromatic N) is 2. The van der Waals surface area contributed by atoms with Crippen molar-refractivity contribution in [3.05, 3.63) is 28.5 Å². The summed E-state index contributed by atoms with van der Waals surface area (Å²) in [6, 6.07) is 4.48. The lowest BCUT2D eigenvalue weighted by atomic mass is 10.3. The first-order valence-corrected chi connectivity index (χ1v) is 9.11. The monoisotopic (exact) mass is 393 g/mol. The zero-order valence-corrected chi connectivity index (χ0v) is 14.3. The number of nitrogens with one attached hydrogen (secondary N) is 1. The molecule has 4 nitrogen and oxygen atoms in total. The van der Waals surface area contributed by atoms with E-state index in [4.69, 9.17) is 0 Å². The zero-order valence-electron chi connectivity index (χ0n) is 10.2. The predicted octanol–water partition coefficient (Wildman–Crippen LogP) is 3.89. The molecule has 0 radical (unpaired) electrons. The lowest BCUT2D eigenvalue weighted by Crippen LogP contribution is -2.14. The Bertz CT molecular complexity index is 623. The molecule has 9 heteroatoms. The number of anilines is 1. The van der Waals surface area contributed by atoms with E-state index in [1.165, 1.54) is 47.2 Å². The summed E-state index contributed by atoms with van der Waals surface area (Å²) in [7, 11) is 0. The normalized spacial score (nSPS) is 10.6. The van der Waals surface area contributed by atoms with Gasteiger partial charge in [0.1, 0.15) is 5.82 Å². The van der Waals surface area contributed by atoms with Gasteiger partial charge in [0.05, 0.1) is 11.4 Å². The van der Waals surface area contributed by atoms with Crippen LogP contribution in [0.5, 0.6) is 0 Å². The zero-order chi connectivity index (χ0) is 14.5. The molecule has 1 heterocycles. The summed E-state index contributed by atoms with van der Waals surface area (Å²) >= 11 is 7.14. The lowest BCUT2D eigenvalue weighted by Gasteiger charge is -2.05. The fraction of sp³-hybridized carbons (Fsp3) is 0.182. The number of rotatable bonds is 5. The Hall–Kier alpha value is -0.640. The molecule has 1 aromatic heterocycles. The van der Waals surface area contributed by atoms with Crippen LogP contribution in [0.15, 0.2) is 32.2 Å². The van der Waals surface area contributed by atoms with Crippen molar-refractivity contribution in [2.45, 2.75) is 9.50 Å². The highest BCUT2D eigenvalue weighted by atomic mass is 79.9. The van der Waals surface area contributed by atoms with Gasteiger partial charge in [0.15, 0.2) is 4.34 Å². The van der Waals surface area contributed by atoms with Gasteiger partial charge in [-0.15, -0.1) is 0 Å². The number of hydrogen-bond donors (Lipinski definition) is 1. The molecule has 0 saturated heterocycles. The second-order valence-electron chi connectivity index (χ2n) is 3.51. The van der Waals surface area contributed by atoms with Crippen molar-refractivity contribution < 1.29 is 9.18 Å². The number of halogens is 2. The van der Waals surface area contributed by atoms with Gasteiger partial charge in [0, 0.05) is 4.47 Å². The van der Waals surface area contributed by atoms with Crippen LogP contribution in [0.4, 0.5) is 10.1 Å². The largest absolute Gasteiger partial charge is 0.323 e. The maximum absolute atomic E-state index is 13.5. The number of aromatic nitrogens is 2. The van der Waals surface area contributed by atoms with Crippen molar-refractivity contribution in [1.29, 1.82) is 0 Å². The van der Waals surface area contributed by atoms with Gasteiger partial charge in [-0.25, -0.2) is 9.37 Å². The van der Waals surface area contributed by atoms with Crippen molar-refractivity contribution in [1.82, 2.24) is 9.36 Å². The van der Waals surface area contributed by atoms with Crippen LogP contribution >= 0.6 is 51.0 Å². The molecule has 2 aromatic rings. The molecular weight excluding hydrogens is 385 g/mol. The van der Waals surface area contributed by atoms with Crippen molar-refractivity contribution in [2.75, 3.05) is 17.3 Å². The van der Waals surface area contributed by atoms with E-state index in [1.807, 2.05) is 6.26 Å². The second kappa shape index (κ2) is 7.39. The van der Waals surface area contributed by atoms with Gasteiger partial charge in [-0.2, -0.15) is 4.37 Å². The van der Waals surface area contributed by atoms with Gasteiger partial charge >= 0.3 is 0 Å². The minimum Gasteiger partial charge on any atom is -0.323 e. The van der Waals surface area contributed by atoms with Crippen molar-refractivity contribution in [3.63, 3.8) is 0 Å². The minimum atomic E-state index is -0.474. The Kier molecular flexibility index (Phi) is 5.82. The molecule has 20 heavy (non-hydrogen) atoms. The highest BCUT2D eigenvalue weighted by Crippen LogP contribution is 2.24. The first kappa shape index (κ1) is 15.7. The molecule has 106 valence electrons. The lowest BCUT2D eigenvalue weighted by molar-refractivity contribution is -0.113. The van der Waals surface area contributed by atoms with E-state index in [0.717, 1.165) is 4.34 Å². The smallest absolute Gasteiger partial charge is 0.234 e. The topological polar surface area (TPSA) is 54.9 Å². The number of carbonyl (C=O) groups excluding carboxylic acids is 1. The maximum Gasteiger partial charge on any atom is 0.234 e. The number of hydrogen-bond acceptors (Lipinski definition) is 6. The van der Waals surface area contributed by atoms with Gasteiger partial charge < -0.3 is 5.32 Å². The number of amides is 1. The molecular formula is C11H9BrFN3OS3. The molecule has 0 fully saturated rings. The molecule has 0 aliphatic heterocycles. The maximum atomic E-state index is 13.5. The van der Waals surface area contributed by atoms with Crippen LogP contribution in [0.3, 0.4) is 0 Å². The molecule has 0 aliphatic rings. The van der Waals surface area contributed by atoms with Crippen LogP contribution in [0.25, 0.3) is 0 Å². The summed E-state index contributed by atoms with van der Waals surface area (Å²) < 4.78 is 19.0. The molecule has 2 rings (SSSR count). The van der Waals surface area contributed by atoms with Gasteiger partial charge in [0.25, 0.3) is 0 Å². The Morgan fingerprint density at radius 2 is 2.35 bits per heavy atom. The third kappa shape index (κ3) is 4.44. The van der Waals surface area contributed by atoms with E-state index >= 15 is 0 Å². The Labute approximate surface area is 136 Å². The van der Waals surface area contributed by atoms with E-state index < -0.39 is 5.82 Å². The Morgan fingerprint density at radius 1 is 1.55 bits per heavy atom. The fourth-order valence-corrected chi connectivity index (χ4v) is 3.59. The Morgan fingerprint density at radius 3 is 3.00 bits per heavy atom. The van der Waals surface area contributed by atoms with Crippen LogP contribution in [0.2, 0.25) is 0 Å². The molecule has 1 amide bonds. The highest BCUT2D eigenvalue weighted by molar-refractivity contribution is 9.10. The average Bonchev–Trinajstić information content (AvgIpc) is 2.88. The average molecular weight is 394 g/mol. The van der Waals surface area contributed by atoms with Crippen LogP contribution in [-0.4, -0.2) is 27.3 Å². The predicted molar refractivity (Wildman–Crippen MR) is 85.1 cm³/mol. The summed E-state index contributed by atoms with van der Waals surface area (Å²) in [6.45, 7) is 0. The first-order valence-electron chi connectivity index (χ1n) is 5.34. The van der Waals surface area contributed by atoms with E-state index in [2.05, 4.69) is 30.6 Å². The standard InChI is InChI=1S/C11H9BrFN3OS3/c1-18-10-15-11(20-16-10)19-5-9(17)14-8-3-2-6(12)4-7(8)13/h2-4H,5H2,1H3,(H,14,17). The third-order valence-corrected chi connectivity index (χ3v) is 5.09. The van der Waals surface area contributed by atoms with Crippen LogP contribution in [-0.2, 0) is 4.79 Å². The fourth-order valence-electron chi connectivity index (χ4n) is 1.24. The molecule has 1 N–H and O–H groups in total. The molecule has 0 spiro atoms. The van der Waals surface area contributed by atoms with Gasteiger partial charge in [-0.05, 0) is 36.0 Å². The summed E-state index contributed by atoms with van der Waals surface area (Å²) in [5.74, 6) is -0.589. The van der Waals surface area contributed by atoms with Gasteiger partial charge in [0.2, 0.25) is 11.1 Å². The number of carbonyl (C=O) groups is 1. The second-order valence-corrected chi connectivity index (χ2v) is 7.17. The number of benzene rings is 1. The van der Waals surface area contributed by atoms with Crippen molar-refractivity contribution in [2.24, 2.45) is 0 Å². The van der Waals surface area contributed by atoms with E-state index in [0.29, 0.717) is 9.63 Å². The molecule has 0 atom stereocenters. The SMILES string of the molecule is CSc1nsc(SCC(=O)Nc2ccc(Br)cc2F)n1. The van der Waals surface area contributed by atoms with Gasteiger partial charge in [-0.3, -0.25) is 4.79 Å². The Balaban J connectivity index is 1.89. The molecule has 0 aliphatic carbocycles. The van der Waals surface area contributed by atoms with E-state index in [9.17, 15) is 9.18 Å². The molecule has 0 unspecified atom stereocenters. The molecule has 0 saturated carbocycles. The quantitative estimate of drug-likeness (QED) is 0.780. The van der Waals surface area contributed by atoms with E-state index in [-0.39, 0.29) is 17.3 Å². The first-order chi connectivity index (χ1) is 9.58. The third-order valence-electron chi connectivity index (χ3n) is 2.10. The summed E-state index contributed by atoms with van der Waals surface area (Å²) in [4.78, 5) is 16.0. The highest BCUT2D eigenvalue weighted by Gasteiger charge is 2.10. The van der Waals surface area contributed by atoms with E-state index in [1.54, 1.807) is 6.07 Å². The summed E-state index contributed by atoms with van der Waals surface area (Å²) in [6.07, 6.45) is 1.89. The number of thioether (sulfide) groups is 2. The minimum absolute atomic E-state index is 0.165. The summed E-state index contributed by atoms with van der Waals surface area (Å²) in [5, 5.41) is 3.22. The van der Waals surface area contributed by atoms with Crippen molar-refractivity contribution in [3.8, 4) is 0 Å². The summed E-state index contributed by atoms with van der Waals surface area (Å²) in [5.41, 5.74) is 0.167. The van der Waals surface area contributed by atoms with Crippen LogP contribution in [0, 0.1) is 5.82 Å². The molecule has 0 bridgehead atoms. The van der Waals surface area contributed by atoms with Crippen molar-refractivity contribution >= 4 is 62.6 Å². The van der Waals surface area contributed by atoms with Crippen LogP contribution in [0.1, 0.15) is 0 Å². The van der Waals surface area contributed by atoms with Crippen LogP contribution < -0.4 is 5.32 Å². The van der Waals surface area contributed by atoms with Gasteiger partial charge in [-0.1, -0.05) is 39.5 Å².